The van der Waals surface area contributed by atoms with E-state index in [9.17, 15) is 14.3 Å². The molecule has 1 aliphatic rings. The predicted octanol–water partition coefficient (Wildman–Crippen LogP) is 1.45. The van der Waals surface area contributed by atoms with E-state index < -0.39 is 5.82 Å². The van der Waals surface area contributed by atoms with Gasteiger partial charge in [0, 0.05) is 38.3 Å². The fourth-order valence-electron chi connectivity index (χ4n) is 2.87. The van der Waals surface area contributed by atoms with E-state index in [1.165, 1.54) is 12.1 Å². The number of aliphatic hydroxyl groups is 1. The second-order valence-corrected chi connectivity index (χ2v) is 5.74. The highest BCUT2D eigenvalue weighted by atomic mass is 19.1. The lowest BCUT2D eigenvalue weighted by Gasteiger charge is -2.36. The molecule has 2 N–H and O–H groups in total. The van der Waals surface area contributed by atoms with Crippen LogP contribution in [0.25, 0.3) is 0 Å². The minimum Gasteiger partial charge on any atom is -0.507 e. The summed E-state index contributed by atoms with van der Waals surface area (Å²) in [5.74, 6) is -1.13. The van der Waals surface area contributed by atoms with Crippen LogP contribution in [-0.4, -0.2) is 65.3 Å². The van der Waals surface area contributed by atoms with Gasteiger partial charge in [0.2, 0.25) is 0 Å². The van der Waals surface area contributed by atoms with Crippen LogP contribution in [-0.2, 0) is 0 Å². The van der Waals surface area contributed by atoms with Crippen molar-refractivity contribution < 1.29 is 19.4 Å². The lowest BCUT2D eigenvalue weighted by Crippen LogP contribution is -2.45. The molecule has 1 aliphatic heterocycles. The molecule has 122 valence electrons. The predicted molar refractivity (Wildman–Crippen MR) is 81.3 cm³/mol. The average molecular weight is 310 g/mol. The molecule has 2 rings (SSSR count). The van der Waals surface area contributed by atoms with Crippen molar-refractivity contribution in [2.75, 3.05) is 33.3 Å². The van der Waals surface area contributed by atoms with Crippen molar-refractivity contribution >= 4 is 5.91 Å². The SMILES string of the molecule is CN(CCCO)C1CCN(C(=O)c2ccc(F)cc2O)CC1. The minimum atomic E-state index is -0.557. The fourth-order valence-corrected chi connectivity index (χ4v) is 2.87. The van der Waals surface area contributed by atoms with Gasteiger partial charge in [-0.3, -0.25) is 4.79 Å². The van der Waals surface area contributed by atoms with Crippen molar-refractivity contribution in [3.05, 3.63) is 29.6 Å². The molecule has 0 atom stereocenters. The number of piperidine rings is 1. The maximum Gasteiger partial charge on any atom is 0.257 e. The Morgan fingerprint density at radius 2 is 2.09 bits per heavy atom. The number of aromatic hydroxyl groups is 1. The minimum absolute atomic E-state index is 0.147. The highest BCUT2D eigenvalue weighted by Gasteiger charge is 2.26. The molecule has 1 saturated heterocycles. The Bertz CT molecular complexity index is 516. The van der Waals surface area contributed by atoms with E-state index >= 15 is 0 Å². The summed E-state index contributed by atoms with van der Waals surface area (Å²) in [6.07, 6.45) is 2.46. The van der Waals surface area contributed by atoms with Crippen LogP contribution in [0, 0.1) is 5.82 Å². The maximum absolute atomic E-state index is 13.0. The highest BCUT2D eigenvalue weighted by molar-refractivity contribution is 5.96. The Labute approximate surface area is 130 Å². The number of carbonyl (C=O) groups is 1. The monoisotopic (exact) mass is 310 g/mol. The Morgan fingerprint density at radius 1 is 1.41 bits per heavy atom. The normalized spacial score (nSPS) is 16.3. The standard InChI is InChI=1S/C16H23FN2O3/c1-18(7-2-10-20)13-5-8-19(9-6-13)16(22)14-4-3-12(17)11-15(14)21/h3-4,11,13,20-21H,2,5-10H2,1H3. The van der Waals surface area contributed by atoms with Crippen LogP contribution < -0.4 is 0 Å². The first-order chi connectivity index (χ1) is 10.5. The largest absolute Gasteiger partial charge is 0.507 e. The third-order valence-electron chi connectivity index (χ3n) is 4.23. The molecule has 22 heavy (non-hydrogen) atoms. The smallest absolute Gasteiger partial charge is 0.257 e. The quantitative estimate of drug-likeness (QED) is 0.864. The van der Waals surface area contributed by atoms with Crippen LogP contribution in [0.1, 0.15) is 29.6 Å². The van der Waals surface area contributed by atoms with E-state index in [4.69, 9.17) is 5.11 Å². The van der Waals surface area contributed by atoms with Gasteiger partial charge in [-0.2, -0.15) is 0 Å². The number of likely N-dealkylation sites (tertiary alicyclic amines) is 1. The number of aliphatic hydroxyl groups excluding tert-OH is 1. The number of rotatable bonds is 5. The third-order valence-corrected chi connectivity index (χ3v) is 4.23. The number of halogens is 1. The number of phenolic OH excluding ortho intramolecular Hbond substituents is 1. The molecule has 0 saturated carbocycles. The van der Waals surface area contributed by atoms with Gasteiger partial charge in [-0.25, -0.2) is 4.39 Å². The fraction of sp³-hybridized carbons (Fsp3) is 0.562. The highest BCUT2D eigenvalue weighted by Crippen LogP contribution is 2.23. The summed E-state index contributed by atoms with van der Waals surface area (Å²) in [5, 5.41) is 18.6. The van der Waals surface area contributed by atoms with Crippen molar-refractivity contribution in [1.29, 1.82) is 0 Å². The Morgan fingerprint density at radius 3 is 2.68 bits per heavy atom. The lowest BCUT2D eigenvalue weighted by molar-refractivity contribution is 0.0638. The van der Waals surface area contributed by atoms with Crippen molar-refractivity contribution in [2.24, 2.45) is 0 Å². The molecule has 0 aromatic heterocycles. The van der Waals surface area contributed by atoms with E-state index in [2.05, 4.69) is 4.90 Å². The number of hydrogen-bond donors (Lipinski definition) is 2. The van der Waals surface area contributed by atoms with Gasteiger partial charge >= 0.3 is 0 Å². The van der Waals surface area contributed by atoms with Crippen LogP contribution in [0.5, 0.6) is 5.75 Å². The second-order valence-electron chi connectivity index (χ2n) is 5.74. The van der Waals surface area contributed by atoms with Crippen molar-refractivity contribution in [1.82, 2.24) is 9.80 Å². The average Bonchev–Trinajstić information content (AvgIpc) is 2.52. The van der Waals surface area contributed by atoms with E-state index in [1.807, 2.05) is 7.05 Å². The molecular formula is C16H23FN2O3. The molecule has 6 heteroatoms. The summed E-state index contributed by atoms with van der Waals surface area (Å²) in [7, 11) is 2.03. The number of carbonyl (C=O) groups excluding carboxylic acids is 1. The van der Waals surface area contributed by atoms with Crippen LogP contribution in [0.15, 0.2) is 18.2 Å². The number of benzene rings is 1. The Hall–Kier alpha value is -1.66. The van der Waals surface area contributed by atoms with Crippen molar-refractivity contribution in [3.8, 4) is 5.75 Å². The van der Waals surface area contributed by atoms with Gasteiger partial charge in [0.15, 0.2) is 0 Å². The van der Waals surface area contributed by atoms with E-state index in [0.29, 0.717) is 19.1 Å². The van der Waals surface area contributed by atoms with Crippen LogP contribution in [0.2, 0.25) is 0 Å². The van der Waals surface area contributed by atoms with Gasteiger partial charge in [-0.05, 0) is 38.4 Å². The summed E-state index contributed by atoms with van der Waals surface area (Å²) in [6.45, 7) is 2.26. The van der Waals surface area contributed by atoms with E-state index in [0.717, 1.165) is 31.9 Å². The summed E-state index contributed by atoms with van der Waals surface area (Å²) in [5.41, 5.74) is 0.147. The van der Waals surface area contributed by atoms with E-state index in [1.54, 1.807) is 4.90 Å². The molecule has 1 amide bonds. The molecule has 0 aliphatic carbocycles. The molecule has 1 aromatic carbocycles. The van der Waals surface area contributed by atoms with Crippen LogP contribution >= 0.6 is 0 Å². The second kappa shape index (κ2) is 7.56. The lowest BCUT2D eigenvalue weighted by atomic mass is 10.0. The molecule has 1 fully saturated rings. The summed E-state index contributed by atoms with van der Waals surface area (Å²) in [6, 6.07) is 3.87. The molecule has 0 bridgehead atoms. The molecule has 1 aromatic rings. The first-order valence-electron chi connectivity index (χ1n) is 7.62. The number of nitrogens with zero attached hydrogens (tertiary/aromatic N) is 2. The molecule has 1 heterocycles. The summed E-state index contributed by atoms with van der Waals surface area (Å²) < 4.78 is 13.0. The topological polar surface area (TPSA) is 64.0 Å². The first kappa shape index (κ1) is 16.7. The summed E-state index contributed by atoms with van der Waals surface area (Å²) >= 11 is 0. The third kappa shape index (κ3) is 3.96. The van der Waals surface area contributed by atoms with E-state index in [-0.39, 0.29) is 23.8 Å². The van der Waals surface area contributed by atoms with Crippen LogP contribution in [0.4, 0.5) is 4.39 Å². The zero-order chi connectivity index (χ0) is 16.1. The molecular weight excluding hydrogens is 287 g/mol. The number of amides is 1. The van der Waals surface area contributed by atoms with Gasteiger partial charge < -0.3 is 20.0 Å². The molecule has 0 unspecified atom stereocenters. The Kier molecular flexibility index (Phi) is 5.74. The molecule has 5 nitrogen and oxygen atoms in total. The van der Waals surface area contributed by atoms with Gasteiger partial charge in [-0.1, -0.05) is 0 Å². The van der Waals surface area contributed by atoms with Gasteiger partial charge in [0.1, 0.15) is 11.6 Å². The first-order valence-corrected chi connectivity index (χ1v) is 7.62. The van der Waals surface area contributed by atoms with Crippen molar-refractivity contribution in [2.45, 2.75) is 25.3 Å². The van der Waals surface area contributed by atoms with Crippen LogP contribution in [0.3, 0.4) is 0 Å². The van der Waals surface area contributed by atoms with Crippen molar-refractivity contribution in [3.63, 3.8) is 0 Å². The summed E-state index contributed by atoms with van der Waals surface area (Å²) in [4.78, 5) is 16.3. The molecule has 0 radical (unpaired) electrons. The number of phenols is 1. The zero-order valence-corrected chi connectivity index (χ0v) is 12.8. The number of hydrogen-bond acceptors (Lipinski definition) is 4. The zero-order valence-electron chi connectivity index (χ0n) is 12.8. The maximum atomic E-state index is 13.0. The van der Waals surface area contributed by atoms with Gasteiger partial charge in [0.25, 0.3) is 5.91 Å². The van der Waals surface area contributed by atoms with Gasteiger partial charge in [-0.15, -0.1) is 0 Å². The van der Waals surface area contributed by atoms with Gasteiger partial charge in [0.05, 0.1) is 5.56 Å². The Balaban J connectivity index is 1.92. The molecule has 0 spiro atoms.